The van der Waals surface area contributed by atoms with E-state index in [2.05, 4.69) is 5.32 Å². The lowest BCUT2D eigenvalue weighted by Crippen LogP contribution is -2.30. The minimum Gasteiger partial charge on any atom is -0.396 e. The summed E-state index contributed by atoms with van der Waals surface area (Å²) < 4.78 is 13.3. The van der Waals surface area contributed by atoms with E-state index in [9.17, 15) is 9.18 Å². The van der Waals surface area contributed by atoms with Crippen molar-refractivity contribution in [3.63, 3.8) is 0 Å². The summed E-state index contributed by atoms with van der Waals surface area (Å²) in [6, 6.07) is 6.27. The maximum Gasteiger partial charge on any atom is 0.244 e. The van der Waals surface area contributed by atoms with Crippen molar-refractivity contribution in [1.29, 1.82) is 0 Å². The highest BCUT2D eigenvalue weighted by molar-refractivity contribution is 5.91. The highest BCUT2D eigenvalue weighted by Gasteiger charge is 2.41. The van der Waals surface area contributed by atoms with Gasteiger partial charge in [0, 0.05) is 23.6 Å². The SMILES string of the molecule is O=C(/C=C/c1ccccc1F)NCC1(CO)CC1. The Bertz CT molecular complexity index is 467. The van der Waals surface area contributed by atoms with Gasteiger partial charge in [-0.15, -0.1) is 0 Å². The first-order valence-corrected chi connectivity index (χ1v) is 5.97. The number of benzene rings is 1. The van der Waals surface area contributed by atoms with E-state index in [4.69, 9.17) is 5.11 Å². The van der Waals surface area contributed by atoms with E-state index in [1.165, 1.54) is 18.2 Å². The smallest absolute Gasteiger partial charge is 0.244 e. The molecule has 1 amide bonds. The average Bonchev–Trinajstić information content (AvgIpc) is 3.16. The number of rotatable bonds is 5. The number of aliphatic hydroxyl groups is 1. The van der Waals surface area contributed by atoms with Crippen LogP contribution in [0.2, 0.25) is 0 Å². The standard InChI is InChI=1S/C14H16FNO2/c15-12-4-2-1-3-11(12)5-6-13(18)16-9-14(10-17)7-8-14/h1-6,17H,7-10H2,(H,16,18)/b6-5+. The number of amides is 1. The summed E-state index contributed by atoms with van der Waals surface area (Å²) in [5.41, 5.74) is 0.276. The molecule has 0 aliphatic heterocycles. The molecule has 0 heterocycles. The number of hydrogen-bond donors (Lipinski definition) is 2. The molecule has 2 N–H and O–H groups in total. The van der Waals surface area contributed by atoms with Crippen molar-refractivity contribution in [2.24, 2.45) is 5.41 Å². The highest BCUT2D eigenvalue weighted by Crippen LogP contribution is 2.44. The van der Waals surface area contributed by atoms with Crippen molar-refractivity contribution < 1.29 is 14.3 Å². The summed E-state index contributed by atoms with van der Waals surface area (Å²) in [5.74, 6) is -0.617. The van der Waals surface area contributed by atoms with Crippen LogP contribution in [-0.4, -0.2) is 24.2 Å². The fraction of sp³-hybridized carbons (Fsp3) is 0.357. The molecule has 2 rings (SSSR count). The maximum atomic E-state index is 13.3. The number of nitrogens with one attached hydrogen (secondary N) is 1. The normalized spacial score (nSPS) is 16.8. The van der Waals surface area contributed by atoms with Gasteiger partial charge in [0.25, 0.3) is 0 Å². The van der Waals surface area contributed by atoms with E-state index in [0.29, 0.717) is 12.1 Å². The zero-order valence-electron chi connectivity index (χ0n) is 10.0. The van der Waals surface area contributed by atoms with Crippen molar-refractivity contribution >= 4 is 12.0 Å². The third-order valence-corrected chi connectivity index (χ3v) is 3.25. The van der Waals surface area contributed by atoms with Gasteiger partial charge in [0.15, 0.2) is 0 Å². The molecule has 18 heavy (non-hydrogen) atoms. The monoisotopic (exact) mass is 249 g/mol. The fourth-order valence-electron chi connectivity index (χ4n) is 1.68. The summed E-state index contributed by atoms with van der Waals surface area (Å²) >= 11 is 0. The van der Waals surface area contributed by atoms with Gasteiger partial charge in [-0.25, -0.2) is 4.39 Å². The average molecular weight is 249 g/mol. The van der Waals surface area contributed by atoms with Crippen LogP contribution in [0.3, 0.4) is 0 Å². The largest absolute Gasteiger partial charge is 0.396 e. The zero-order chi connectivity index (χ0) is 13.0. The third-order valence-electron chi connectivity index (χ3n) is 3.25. The first kappa shape index (κ1) is 12.8. The molecule has 1 saturated carbocycles. The van der Waals surface area contributed by atoms with Crippen molar-refractivity contribution in [2.45, 2.75) is 12.8 Å². The molecule has 3 nitrogen and oxygen atoms in total. The molecule has 1 aromatic carbocycles. The van der Waals surface area contributed by atoms with Crippen LogP contribution in [0.5, 0.6) is 0 Å². The lowest BCUT2D eigenvalue weighted by atomic mass is 10.1. The second kappa shape index (κ2) is 5.31. The number of aliphatic hydroxyl groups excluding tert-OH is 1. The Kier molecular flexibility index (Phi) is 3.77. The second-order valence-electron chi connectivity index (χ2n) is 4.73. The molecule has 0 radical (unpaired) electrons. The Hall–Kier alpha value is -1.68. The van der Waals surface area contributed by atoms with Crippen LogP contribution >= 0.6 is 0 Å². The van der Waals surface area contributed by atoms with Gasteiger partial charge in [-0.05, 0) is 25.0 Å². The molecule has 0 atom stereocenters. The summed E-state index contributed by atoms with van der Waals surface area (Å²) in [6.45, 7) is 0.578. The van der Waals surface area contributed by atoms with Crippen LogP contribution in [0.25, 0.3) is 6.08 Å². The minimum absolute atomic E-state index is 0.101. The molecule has 4 heteroatoms. The molecule has 0 aromatic heterocycles. The molecule has 0 unspecified atom stereocenters. The van der Waals surface area contributed by atoms with Gasteiger partial charge in [0.05, 0.1) is 6.61 Å². The van der Waals surface area contributed by atoms with Gasteiger partial charge in [0.1, 0.15) is 5.82 Å². The Labute approximate surface area is 105 Å². The van der Waals surface area contributed by atoms with Gasteiger partial charge in [-0.2, -0.15) is 0 Å². The highest BCUT2D eigenvalue weighted by atomic mass is 19.1. The molecule has 1 aliphatic carbocycles. The Morgan fingerprint density at radius 2 is 2.17 bits per heavy atom. The van der Waals surface area contributed by atoms with Gasteiger partial charge in [0.2, 0.25) is 5.91 Å². The molecule has 1 aliphatic rings. The number of carbonyl (C=O) groups is 1. The molecular weight excluding hydrogens is 233 g/mol. The maximum absolute atomic E-state index is 13.3. The number of hydrogen-bond acceptors (Lipinski definition) is 2. The van der Waals surface area contributed by atoms with Crippen molar-refractivity contribution in [3.05, 3.63) is 41.7 Å². The van der Waals surface area contributed by atoms with E-state index in [0.717, 1.165) is 12.8 Å². The minimum atomic E-state index is -0.351. The van der Waals surface area contributed by atoms with E-state index < -0.39 is 0 Å². The van der Waals surface area contributed by atoms with Crippen LogP contribution < -0.4 is 5.32 Å². The summed E-state index contributed by atoms with van der Waals surface area (Å²) in [7, 11) is 0. The number of carbonyl (C=O) groups excluding carboxylic acids is 1. The lowest BCUT2D eigenvalue weighted by molar-refractivity contribution is -0.116. The van der Waals surface area contributed by atoms with E-state index >= 15 is 0 Å². The summed E-state index contributed by atoms with van der Waals surface area (Å²) in [6.07, 6.45) is 4.65. The Morgan fingerprint density at radius 3 is 2.78 bits per heavy atom. The molecule has 0 saturated heterocycles. The van der Waals surface area contributed by atoms with Crippen LogP contribution in [0.4, 0.5) is 4.39 Å². The van der Waals surface area contributed by atoms with Crippen LogP contribution in [0, 0.1) is 11.2 Å². The molecule has 1 fully saturated rings. The molecule has 96 valence electrons. The molecular formula is C14H16FNO2. The van der Waals surface area contributed by atoms with Gasteiger partial charge in [-0.3, -0.25) is 4.79 Å². The second-order valence-corrected chi connectivity index (χ2v) is 4.73. The topological polar surface area (TPSA) is 49.3 Å². The van der Waals surface area contributed by atoms with E-state index in [-0.39, 0.29) is 23.7 Å². The first-order valence-electron chi connectivity index (χ1n) is 5.97. The Morgan fingerprint density at radius 1 is 1.44 bits per heavy atom. The van der Waals surface area contributed by atoms with Crippen LogP contribution in [0.1, 0.15) is 18.4 Å². The van der Waals surface area contributed by atoms with Crippen molar-refractivity contribution in [2.75, 3.05) is 13.2 Å². The zero-order valence-corrected chi connectivity index (χ0v) is 10.0. The van der Waals surface area contributed by atoms with E-state index in [1.807, 2.05) is 0 Å². The van der Waals surface area contributed by atoms with Crippen molar-refractivity contribution in [1.82, 2.24) is 5.32 Å². The quantitative estimate of drug-likeness (QED) is 0.781. The van der Waals surface area contributed by atoms with E-state index in [1.54, 1.807) is 18.2 Å². The van der Waals surface area contributed by atoms with Gasteiger partial charge in [-0.1, -0.05) is 18.2 Å². The van der Waals surface area contributed by atoms with Crippen LogP contribution in [-0.2, 0) is 4.79 Å². The third kappa shape index (κ3) is 3.17. The van der Waals surface area contributed by atoms with Gasteiger partial charge >= 0.3 is 0 Å². The molecule has 0 spiro atoms. The summed E-state index contributed by atoms with van der Waals surface area (Å²) in [5, 5.41) is 11.8. The summed E-state index contributed by atoms with van der Waals surface area (Å²) in [4.78, 5) is 11.5. The number of halogens is 1. The van der Waals surface area contributed by atoms with Gasteiger partial charge < -0.3 is 10.4 Å². The predicted molar refractivity (Wildman–Crippen MR) is 67.2 cm³/mol. The predicted octanol–water partition coefficient (Wildman–Crippen LogP) is 1.73. The van der Waals surface area contributed by atoms with Crippen LogP contribution in [0.15, 0.2) is 30.3 Å². The van der Waals surface area contributed by atoms with Crippen molar-refractivity contribution in [3.8, 4) is 0 Å². The molecule has 1 aromatic rings. The first-order chi connectivity index (χ1) is 8.65. The Balaban J connectivity index is 1.86. The molecule has 0 bridgehead atoms. The lowest BCUT2D eigenvalue weighted by Gasteiger charge is -2.11. The fourth-order valence-corrected chi connectivity index (χ4v) is 1.68.